The van der Waals surface area contributed by atoms with Crippen molar-refractivity contribution in [2.75, 3.05) is 11.9 Å². The van der Waals surface area contributed by atoms with Crippen LogP contribution in [0.4, 0.5) is 14.9 Å². The van der Waals surface area contributed by atoms with Gasteiger partial charge in [0.15, 0.2) is 0 Å². The van der Waals surface area contributed by atoms with Gasteiger partial charge in [0.25, 0.3) is 0 Å². The summed E-state index contributed by atoms with van der Waals surface area (Å²) in [5, 5.41) is 3.92. The highest BCUT2D eigenvalue weighted by molar-refractivity contribution is 7.15. The van der Waals surface area contributed by atoms with Crippen molar-refractivity contribution in [3.8, 4) is 10.4 Å². The quantitative estimate of drug-likeness (QED) is 0.713. The van der Waals surface area contributed by atoms with Crippen LogP contribution in [0.1, 0.15) is 57.4 Å². The summed E-state index contributed by atoms with van der Waals surface area (Å²) in [7, 11) is 1.62. The predicted molar refractivity (Wildman–Crippen MR) is 116 cm³/mol. The maximum absolute atomic E-state index is 14.7. The molecule has 6 nitrogen and oxygen atoms in total. The fourth-order valence-corrected chi connectivity index (χ4v) is 4.71. The molecule has 1 aliphatic rings. The number of carbonyl (C=O) groups is 2. The Bertz CT molecular complexity index is 907. The van der Waals surface area contributed by atoms with Gasteiger partial charge in [0.05, 0.1) is 16.0 Å². The van der Waals surface area contributed by atoms with Crippen LogP contribution in [0.5, 0.6) is 0 Å². The van der Waals surface area contributed by atoms with E-state index >= 15 is 0 Å². The largest absolute Gasteiger partial charge is 0.447 e. The smallest absolute Gasteiger partial charge is 0.407 e. The van der Waals surface area contributed by atoms with Crippen LogP contribution in [0.15, 0.2) is 24.4 Å². The predicted octanol–water partition coefficient (Wildman–Crippen LogP) is 5.09. The maximum atomic E-state index is 14.7. The van der Waals surface area contributed by atoms with Crippen LogP contribution in [0.25, 0.3) is 10.4 Å². The standard InChI is InChI=1S/C22H28FN3O3S/c1-13(2)29-22(28)25-16-7-5-15(6-8-16)21-24-12-20(30-21)18-10-9-17(11-19(18)23)26(4)14(3)27/h9-13,15-16H,5-8H2,1-4H3,(H,25,28)/t15-,16-. The van der Waals surface area contributed by atoms with Crippen molar-refractivity contribution in [2.45, 2.75) is 64.5 Å². The summed E-state index contributed by atoms with van der Waals surface area (Å²) in [4.78, 5) is 30.0. The summed E-state index contributed by atoms with van der Waals surface area (Å²) in [5.41, 5.74) is 1.02. The molecule has 162 valence electrons. The molecule has 1 saturated carbocycles. The van der Waals surface area contributed by atoms with Gasteiger partial charge in [-0.1, -0.05) is 0 Å². The van der Waals surface area contributed by atoms with Crippen molar-refractivity contribution >= 4 is 29.0 Å². The molecule has 0 saturated heterocycles. The number of hydrogen-bond donors (Lipinski definition) is 1. The van der Waals surface area contributed by atoms with Gasteiger partial charge < -0.3 is 15.0 Å². The third-order valence-corrected chi connectivity index (χ3v) is 6.54. The minimum Gasteiger partial charge on any atom is -0.447 e. The number of hydrogen-bond acceptors (Lipinski definition) is 5. The van der Waals surface area contributed by atoms with Crippen LogP contribution in [0, 0.1) is 5.82 Å². The summed E-state index contributed by atoms with van der Waals surface area (Å²) in [6.45, 7) is 5.10. The van der Waals surface area contributed by atoms with E-state index in [4.69, 9.17) is 4.74 Å². The normalized spacial score (nSPS) is 18.9. The molecule has 8 heteroatoms. The first kappa shape index (κ1) is 22.2. The first-order chi connectivity index (χ1) is 14.2. The molecule has 2 amide bonds. The average Bonchev–Trinajstić information content (AvgIpc) is 3.17. The molecule has 0 spiro atoms. The second-order valence-electron chi connectivity index (χ2n) is 7.95. The van der Waals surface area contributed by atoms with Crippen LogP contribution in [0.3, 0.4) is 0 Å². The number of halogens is 1. The van der Waals surface area contributed by atoms with Crippen molar-refractivity contribution < 1.29 is 18.7 Å². The van der Waals surface area contributed by atoms with E-state index in [1.165, 1.54) is 29.2 Å². The first-order valence-electron chi connectivity index (χ1n) is 10.2. The van der Waals surface area contributed by atoms with Crippen LogP contribution in [-0.2, 0) is 9.53 Å². The molecular formula is C22H28FN3O3S. The third kappa shape index (κ3) is 5.36. The minimum absolute atomic E-state index is 0.121. The molecule has 1 N–H and O–H groups in total. The number of ether oxygens (including phenoxy) is 1. The van der Waals surface area contributed by atoms with Crippen LogP contribution >= 0.6 is 11.3 Å². The van der Waals surface area contributed by atoms with Gasteiger partial charge in [0.1, 0.15) is 5.82 Å². The number of amides is 2. The number of anilines is 1. The number of benzene rings is 1. The van der Waals surface area contributed by atoms with Gasteiger partial charge in [0, 0.05) is 43.4 Å². The highest BCUT2D eigenvalue weighted by atomic mass is 32.1. The Labute approximate surface area is 180 Å². The van der Waals surface area contributed by atoms with Crippen molar-refractivity contribution in [1.29, 1.82) is 0 Å². The molecule has 0 radical (unpaired) electrons. The maximum Gasteiger partial charge on any atom is 0.407 e. The SMILES string of the molecule is CC(=O)N(C)c1ccc(-c2cnc([C@H]3CC[C@H](NC(=O)OC(C)C)CC3)s2)c(F)c1. The lowest BCUT2D eigenvalue weighted by atomic mass is 9.86. The number of alkyl carbamates (subject to hydrolysis) is 1. The molecular weight excluding hydrogens is 405 g/mol. The number of rotatable bonds is 5. The Morgan fingerprint density at radius 2 is 1.97 bits per heavy atom. The van der Waals surface area contributed by atoms with E-state index in [1.54, 1.807) is 25.4 Å². The third-order valence-electron chi connectivity index (χ3n) is 5.34. The summed E-state index contributed by atoms with van der Waals surface area (Å²) in [6.07, 6.45) is 4.80. The molecule has 1 aromatic heterocycles. The number of aromatic nitrogens is 1. The second kappa shape index (κ2) is 9.55. The van der Waals surface area contributed by atoms with E-state index in [0.717, 1.165) is 35.6 Å². The van der Waals surface area contributed by atoms with Crippen molar-refractivity contribution in [2.24, 2.45) is 0 Å². The van der Waals surface area contributed by atoms with Gasteiger partial charge in [-0.2, -0.15) is 0 Å². The fourth-order valence-electron chi connectivity index (χ4n) is 3.59. The number of thiazole rings is 1. The zero-order chi connectivity index (χ0) is 21.8. The van der Waals surface area contributed by atoms with Crippen LogP contribution < -0.4 is 10.2 Å². The Kier molecular flexibility index (Phi) is 7.07. The molecule has 1 aromatic carbocycles. The van der Waals surface area contributed by atoms with Crippen LogP contribution in [-0.4, -0.2) is 36.2 Å². The first-order valence-corrected chi connectivity index (χ1v) is 11.0. The van der Waals surface area contributed by atoms with Gasteiger partial charge >= 0.3 is 6.09 Å². The van der Waals surface area contributed by atoms with Gasteiger partial charge in [0.2, 0.25) is 5.91 Å². The number of nitrogens with zero attached hydrogens (tertiary/aromatic N) is 2. The van der Waals surface area contributed by atoms with E-state index in [-0.39, 0.29) is 30.0 Å². The number of nitrogens with one attached hydrogen (secondary N) is 1. The van der Waals surface area contributed by atoms with E-state index in [1.807, 2.05) is 13.8 Å². The Morgan fingerprint density at radius 1 is 1.27 bits per heavy atom. The Morgan fingerprint density at radius 3 is 2.57 bits per heavy atom. The summed E-state index contributed by atoms with van der Waals surface area (Å²) < 4.78 is 19.8. The van der Waals surface area contributed by atoms with Gasteiger partial charge in [-0.3, -0.25) is 4.79 Å². The lowest BCUT2D eigenvalue weighted by Gasteiger charge is -2.28. The zero-order valence-electron chi connectivity index (χ0n) is 17.8. The second-order valence-corrected chi connectivity index (χ2v) is 9.01. The number of carbonyl (C=O) groups excluding carboxylic acids is 2. The summed E-state index contributed by atoms with van der Waals surface area (Å²) >= 11 is 1.51. The zero-order valence-corrected chi connectivity index (χ0v) is 18.6. The molecule has 0 unspecified atom stereocenters. The Hall–Kier alpha value is -2.48. The lowest BCUT2D eigenvalue weighted by molar-refractivity contribution is -0.116. The molecule has 3 rings (SSSR count). The molecule has 1 aliphatic carbocycles. The van der Waals surface area contributed by atoms with Crippen LogP contribution in [0.2, 0.25) is 0 Å². The van der Waals surface area contributed by atoms with Gasteiger partial charge in [-0.05, 0) is 57.7 Å². The molecule has 1 fully saturated rings. The van der Waals surface area contributed by atoms with Crippen molar-refractivity contribution in [3.63, 3.8) is 0 Å². The van der Waals surface area contributed by atoms with Gasteiger partial charge in [-0.15, -0.1) is 11.3 Å². The minimum atomic E-state index is -0.368. The summed E-state index contributed by atoms with van der Waals surface area (Å²) in [6, 6.07) is 4.94. The topological polar surface area (TPSA) is 71.5 Å². The average molecular weight is 434 g/mol. The highest BCUT2D eigenvalue weighted by Gasteiger charge is 2.26. The molecule has 0 aliphatic heterocycles. The van der Waals surface area contributed by atoms with E-state index in [9.17, 15) is 14.0 Å². The highest BCUT2D eigenvalue weighted by Crippen LogP contribution is 2.38. The van der Waals surface area contributed by atoms with Gasteiger partial charge in [-0.25, -0.2) is 14.2 Å². The fraction of sp³-hybridized carbons (Fsp3) is 0.500. The molecule has 2 aromatic rings. The Balaban J connectivity index is 1.62. The molecule has 0 atom stereocenters. The monoisotopic (exact) mass is 433 g/mol. The van der Waals surface area contributed by atoms with Crippen molar-refractivity contribution in [1.82, 2.24) is 10.3 Å². The summed E-state index contributed by atoms with van der Waals surface area (Å²) in [5.74, 6) is -0.203. The van der Waals surface area contributed by atoms with E-state index < -0.39 is 0 Å². The molecule has 1 heterocycles. The van der Waals surface area contributed by atoms with E-state index in [0.29, 0.717) is 17.2 Å². The van der Waals surface area contributed by atoms with Crippen molar-refractivity contribution in [3.05, 3.63) is 35.2 Å². The van der Waals surface area contributed by atoms with E-state index in [2.05, 4.69) is 10.3 Å². The molecule has 0 bridgehead atoms. The molecule has 30 heavy (non-hydrogen) atoms. The lowest BCUT2D eigenvalue weighted by Crippen LogP contribution is -2.38.